The van der Waals surface area contributed by atoms with Gasteiger partial charge < -0.3 is 11.1 Å². The van der Waals surface area contributed by atoms with Crippen LogP contribution >= 0.6 is 23.7 Å². The molecule has 1 aromatic carbocycles. The Hall–Kier alpha value is -1.36. The SMILES string of the molecule is Cc1ccc(CC(C)NC(=O)C(N)c2ccccc2)s1.Cl. The van der Waals surface area contributed by atoms with Crippen LogP contribution in [-0.4, -0.2) is 11.9 Å². The number of hydrogen-bond acceptors (Lipinski definition) is 3. The van der Waals surface area contributed by atoms with Gasteiger partial charge in [-0.3, -0.25) is 4.79 Å². The van der Waals surface area contributed by atoms with Gasteiger partial charge in [0.2, 0.25) is 5.91 Å². The molecule has 21 heavy (non-hydrogen) atoms. The fraction of sp³-hybridized carbons (Fsp3) is 0.312. The number of benzene rings is 1. The Morgan fingerprint density at radius 2 is 1.90 bits per heavy atom. The van der Waals surface area contributed by atoms with E-state index in [2.05, 4.69) is 24.4 Å². The van der Waals surface area contributed by atoms with Crippen LogP contribution in [0.25, 0.3) is 0 Å². The number of carbonyl (C=O) groups excluding carboxylic acids is 1. The quantitative estimate of drug-likeness (QED) is 0.887. The lowest BCUT2D eigenvalue weighted by atomic mass is 10.1. The topological polar surface area (TPSA) is 55.1 Å². The Bertz CT molecular complexity index is 571. The van der Waals surface area contributed by atoms with Crippen LogP contribution in [0.1, 0.15) is 28.3 Å². The highest BCUT2D eigenvalue weighted by molar-refractivity contribution is 7.11. The van der Waals surface area contributed by atoms with Gasteiger partial charge >= 0.3 is 0 Å². The van der Waals surface area contributed by atoms with Crippen molar-refractivity contribution in [1.29, 1.82) is 0 Å². The molecule has 0 fully saturated rings. The van der Waals surface area contributed by atoms with Crippen molar-refractivity contribution in [3.8, 4) is 0 Å². The average molecular weight is 325 g/mol. The minimum Gasteiger partial charge on any atom is -0.352 e. The minimum atomic E-state index is -0.608. The molecule has 0 aliphatic heterocycles. The number of carbonyl (C=O) groups is 1. The molecule has 2 unspecified atom stereocenters. The van der Waals surface area contributed by atoms with Crippen molar-refractivity contribution in [2.24, 2.45) is 5.73 Å². The van der Waals surface area contributed by atoms with Gasteiger partial charge in [0.25, 0.3) is 0 Å². The molecular weight excluding hydrogens is 304 g/mol. The van der Waals surface area contributed by atoms with Gasteiger partial charge in [0, 0.05) is 22.2 Å². The molecule has 0 aliphatic carbocycles. The molecule has 3 N–H and O–H groups in total. The van der Waals surface area contributed by atoms with E-state index >= 15 is 0 Å². The maximum absolute atomic E-state index is 12.1. The zero-order valence-corrected chi connectivity index (χ0v) is 13.8. The fourth-order valence-corrected chi connectivity index (χ4v) is 3.11. The maximum Gasteiger partial charge on any atom is 0.241 e. The first-order valence-electron chi connectivity index (χ1n) is 6.72. The molecule has 5 heteroatoms. The molecule has 0 bridgehead atoms. The second kappa shape index (κ2) is 8.17. The van der Waals surface area contributed by atoms with Gasteiger partial charge in [-0.25, -0.2) is 0 Å². The second-order valence-corrected chi connectivity index (χ2v) is 6.39. The summed E-state index contributed by atoms with van der Waals surface area (Å²) in [5.41, 5.74) is 6.81. The van der Waals surface area contributed by atoms with Crippen molar-refractivity contribution in [2.45, 2.75) is 32.4 Å². The van der Waals surface area contributed by atoms with E-state index in [0.29, 0.717) is 0 Å². The van der Waals surface area contributed by atoms with Gasteiger partial charge in [-0.05, 0) is 31.5 Å². The van der Waals surface area contributed by atoms with E-state index in [1.165, 1.54) is 9.75 Å². The molecule has 0 aliphatic rings. The monoisotopic (exact) mass is 324 g/mol. The predicted octanol–water partition coefficient (Wildman–Crippen LogP) is 3.23. The fourth-order valence-electron chi connectivity index (χ4n) is 2.09. The number of hydrogen-bond donors (Lipinski definition) is 2. The number of aryl methyl sites for hydroxylation is 1. The van der Waals surface area contributed by atoms with E-state index in [4.69, 9.17) is 5.73 Å². The Labute approximate surface area is 136 Å². The number of amides is 1. The highest BCUT2D eigenvalue weighted by atomic mass is 35.5. The molecule has 3 nitrogen and oxygen atoms in total. The molecular formula is C16H21ClN2OS. The number of halogens is 1. The number of nitrogens with one attached hydrogen (secondary N) is 1. The molecule has 1 amide bonds. The first kappa shape index (κ1) is 17.7. The van der Waals surface area contributed by atoms with Crippen molar-refractivity contribution in [3.63, 3.8) is 0 Å². The van der Waals surface area contributed by atoms with Gasteiger partial charge in [-0.2, -0.15) is 0 Å². The third kappa shape index (κ3) is 5.16. The van der Waals surface area contributed by atoms with Crippen LogP contribution in [-0.2, 0) is 11.2 Å². The molecule has 2 rings (SSSR count). The van der Waals surface area contributed by atoms with Crippen molar-refractivity contribution < 1.29 is 4.79 Å². The first-order valence-corrected chi connectivity index (χ1v) is 7.54. The maximum atomic E-state index is 12.1. The normalized spacial score (nSPS) is 13.1. The summed E-state index contributed by atoms with van der Waals surface area (Å²) in [6.07, 6.45) is 0.839. The van der Waals surface area contributed by atoms with Gasteiger partial charge in [0.05, 0.1) is 0 Å². The predicted molar refractivity (Wildman–Crippen MR) is 91.0 cm³/mol. The summed E-state index contributed by atoms with van der Waals surface area (Å²) in [6, 6.07) is 13.1. The first-order chi connectivity index (χ1) is 9.56. The van der Waals surface area contributed by atoms with E-state index in [0.717, 1.165) is 12.0 Å². The summed E-state index contributed by atoms with van der Waals surface area (Å²) in [4.78, 5) is 14.7. The van der Waals surface area contributed by atoms with Crippen molar-refractivity contribution in [3.05, 3.63) is 57.8 Å². The third-order valence-electron chi connectivity index (χ3n) is 3.13. The van der Waals surface area contributed by atoms with Crippen LogP contribution in [0.2, 0.25) is 0 Å². The zero-order valence-electron chi connectivity index (χ0n) is 12.2. The third-order valence-corrected chi connectivity index (χ3v) is 4.16. The lowest BCUT2D eigenvalue weighted by Gasteiger charge is -2.17. The lowest BCUT2D eigenvalue weighted by molar-refractivity contribution is -0.123. The summed E-state index contributed by atoms with van der Waals surface area (Å²) in [5.74, 6) is -0.128. The Morgan fingerprint density at radius 1 is 1.24 bits per heavy atom. The highest BCUT2D eigenvalue weighted by Gasteiger charge is 2.17. The van der Waals surface area contributed by atoms with Crippen LogP contribution in [0.3, 0.4) is 0 Å². The van der Waals surface area contributed by atoms with Crippen LogP contribution in [0.4, 0.5) is 0 Å². The molecule has 2 atom stereocenters. The Balaban J connectivity index is 0.00000220. The average Bonchev–Trinajstić information content (AvgIpc) is 2.84. The van der Waals surface area contributed by atoms with Crippen LogP contribution in [0.15, 0.2) is 42.5 Å². The number of nitrogens with two attached hydrogens (primary N) is 1. The zero-order chi connectivity index (χ0) is 14.5. The minimum absolute atomic E-state index is 0. The van der Waals surface area contributed by atoms with E-state index in [-0.39, 0.29) is 24.4 Å². The summed E-state index contributed by atoms with van der Waals surface area (Å²) < 4.78 is 0. The molecule has 0 radical (unpaired) electrons. The second-order valence-electron chi connectivity index (χ2n) is 5.01. The molecule has 0 saturated carbocycles. The van der Waals surface area contributed by atoms with E-state index in [1.54, 1.807) is 11.3 Å². The smallest absolute Gasteiger partial charge is 0.241 e. The van der Waals surface area contributed by atoms with Crippen LogP contribution in [0, 0.1) is 6.92 Å². The van der Waals surface area contributed by atoms with Gasteiger partial charge in [0.15, 0.2) is 0 Å². The number of thiophene rings is 1. The van der Waals surface area contributed by atoms with E-state index in [1.807, 2.05) is 37.3 Å². The van der Waals surface area contributed by atoms with Gasteiger partial charge in [-0.1, -0.05) is 30.3 Å². The molecule has 114 valence electrons. The van der Waals surface area contributed by atoms with Crippen LogP contribution < -0.4 is 11.1 Å². The summed E-state index contributed by atoms with van der Waals surface area (Å²) in [5, 5.41) is 2.98. The molecule has 1 aromatic heterocycles. The Kier molecular flexibility index (Phi) is 6.89. The van der Waals surface area contributed by atoms with Gasteiger partial charge in [0.1, 0.15) is 6.04 Å². The largest absolute Gasteiger partial charge is 0.352 e. The van der Waals surface area contributed by atoms with Gasteiger partial charge in [-0.15, -0.1) is 23.7 Å². The van der Waals surface area contributed by atoms with Crippen molar-refractivity contribution in [2.75, 3.05) is 0 Å². The van der Waals surface area contributed by atoms with Crippen LogP contribution in [0.5, 0.6) is 0 Å². The van der Waals surface area contributed by atoms with Crippen molar-refractivity contribution >= 4 is 29.7 Å². The van der Waals surface area contributed by atoms with E-state index < -0.39 is 6.04 Å². The summed E-state index contributed by atoms with van der Waals surface area (Å²) in [7, 11) is 0. The molecule has 1 heterocycles. The Morgan fingerprint density at radius 3 is 2.48 bits per heavy atom. The standard InChI is InChI=1S/C16H20N2OS.ClH/c1-11(10-14-9-8-12(2)20-14)18-16(19)15(17)13-6-4-3-5-7-13;/h3-9,11,15H,10,17H2,1-2H3,(H,18,19);1H. The molecule has 2 aromatic rings. The lowest BCUT2D eigenvalue weighted by Crippen LogP contribution is -2.40. The molecule has 0 saturated heterocycles. The summed E-state index contributed by atoms with van der Waals surface area (Å²) in [6.45, 7) is 4.09. The number of rotatable bonds is 5. The molecule has 0 spiro atoms. The van der Waals surface area contributed by atoms with Crippen molar-refractivity contribution in [1.82, 2.24) is 5.32 Å². The van der Waals surface area contributed by atoms with E-state index in [9.17, 15) is 4.79 Å². The highest BCUT2D eigenvalue weighted by Crippen LogP contribution is 2.17. The summed E-state index contributed by atoms with van der Waals surface area (Å²) >= 11 is 1.77.